The molecule has 5 heteroatoms. The largest absolute Gasteiger partial charge is 0.356 e. The third kappa shape index (κ3) is 5.14. The average Bonchev–Trinajstić information content (AvgIpc) is 2.27. The highest BCUT2D eigenvalue weighted by atomic mass is 79.9. The van der Waals surface area contributed by atoms with Crippen LogP contribution in [0.1, 0.15) is 31.9 Å². The van der Waals surface area contributed by atoms with E-state index in [4.69, 9.17) is 0 Å². The Kier molecular flexibility index (Phi) is 6.29. The van der Waals surface area contributed by atoms with Crippen molar-refractivity contribution in [3.8, 4) is 0 Å². The molecule has 1 amide bonds. The molecule has 0 saturated carbocycles. The van der Waals surface area contributed by atoms with Crippen LogP contribution in [-0.4, -0.2) is 19.0 Å². The summed E-state index contributed by atoms with van der Waals surface area (Å²) in [5, 5.41) is 5.94. The van der Waals surface area contributed by atoms with E-state index in [1.807, 2.05) is 13.0 Å². The van der Waals surface area contributed by atoms with Crippen LogP contribution in [0.4, 0.5) is 4.39 Å². The summed E-state index contributed by atoms with van der Waals surface area (Å²) in [5.41, 5.74) is 0.651. The van der Waals surface area contributed by atoms with Gasteiger partial charge in [-0.3, -0.25) is 4.79 Å². The number of benzene rings is 1. The van der Waals surface area contributed by atoms with E-state index in [2.05, 4.69) is 26.6 Å². The highest BCUT2D eigenvalue weighted by Crippen LogP contribution is 2.20. The average molecular weight is 317 g/mol. The molecule has 0 unspecified atom stereocenters. The van der Waals surface area contributed by atoms with Gasteiger partial charge in [0.2, 0.25) is 5.91 Å². The molecule has 2 N–H and O–H groups in total. The molecular formula is C13H18BrFN2O. The molecule has 0 aliphatic heterocycles. The predicted octanol–water partition coefficient (Wildman–Crippen LogP) is 2.77. The van der Waals surface area contributed by atoms with Gasteiger partial charge < -0.3 is 10.6 Å². The Hall–Kier alpha value is -0.940. The fourth-order valence-electron chi connectivity index (χ4n) is 1.63. The molecule has 1 aromatic rings. The molecule has 0 spiro atoms. The van der Waals surface area contributed by atoms with Gasteiger partial charge >= 0.3 is 0 Å². The summed E-state index contributed by atoms with van der Waals surface area (Å²) >= 11 is 3.23. The molecule has 0 radical (unpaired) electrons. The van der Waals surface area contributed by atoms with Gasteiger partial charge in [0.25, 0.3) is 0 Å². The highest BCUT2D eigenvalue weighted by Gasteiger charge is 2.10. The van der Waals surface area contributed by atoms with Gasteiger partial charge in [-0.1, -0.05) is 22.0 Å². The van der Waals surface area contributed by atoms with Gasteiger partial charge in [-0.25, -0.2) is 4.39 Å². The van der Waals surface area contributed by atoms with Gasteiger partial charge in [-0.15, -0.1) is 0 Å². The summed E-state index contributed by atoms with van der Waals surface area (Å²) in [5.74, 6) is -0.242. The second-order valence-corrected chi connectivity index (χ2v) is 5.09. The smallest absolute Gasteiger partial charge is 0.216 e. The second kappa shape index (κ2) is 7.48. The number of halogens is 2. The van der Waals surface area contributed by atoms with Crippen molar-refractivity contribution in [1.29, 1.82) is 0 Å². The van der Waals surface area contributed by atoms with Crippen LogP contribution in [0.3, 0.4) is 0 Å². The van der Waals surface area contributed by atoms with Crippen molar-refractivity contribution in [2.24, 2.45) is 0 Å². The monoisotopic (exact) mass is 316 g/mol. The molecule has 3 nitrogen and oxygen atoms in total. The topological polar surface area (TPSA) is 41.1 Å². The zero-order valence-electron chi connectivity index (χ0n) is 10.6. The SMILES string of the molecule is CC(=O)NCCCN[C@H](C)c1ccc(Br)cc1F. The van der Waals surface area contributed by atoms with Crippen molar-refractivity contribution in [2.45, 2.75) is 26.3 Å². The van der Waals surface area contributed by atoms with E-state index in [9.17, 15) is 9.18 Å². The van der Waals surface area contributed by atoms with Crippen molar-refractivity contribution in [3.63, 3.8) is 0 Å². The molecule has 0 bridgehead atoms. The maximum Gasteiger partial charge on any atom is 0.216 e. The van der Waals surface area contributed by atoms with Crippen molar-refractivity contribution in [1.82, 2.24) is 10.6 Å². The first-order valence-electron chi connectivity index (χ1n) is 5.93. The van der Waals surface area contributed by atoms with Crippen LogP contribution < -0.4 is 10.6 Å². The van der Waals surface area contributed by atoms with E-state index in [0.29, 0.717) is 12.1 Å². The van der Waals surface area contributed by atoms with Crippen molar-refractivity contribution in [3.05, 3.63) is 34.1 Å². The second-order valence-electron chi connectivity index (χ2n) is 4.18. The first-order chi connectivity index (χ1) is 8.50. The van der Waals surface area contributed by atoms with Crippen LogP contribution in [-0.2, 0) is 4.79 Å². The van der Waals surface area contributed by atoms with E-state index < -0.39 is 0 Å². The maximum absolute atomic E-state index is 13.7. The minimum Gasteiger partial charge on any atom is -0.356 e. The molecule has 0 aromatic heterocycles. The highest BCUT2D eigenvalue weighted by molar-refractivity contribution is 9.10. The maximum atomic E-state index is 13.7. The van der Waals surface area contributed by atoms with Gasteiger partial charge in [-0.2, -0.15) is 0 Å². The number of hydrogen-bond donors (Lipinski definition) is 2. The van der Waals surface area contributed by atoms with Crippen molar-refractivity contribution < 1.29 is 9.18 Å². The molecule has 18 heavy (non-hydrogen) atoms. The molecule has 0 aliphatic rings. The molecule has 100 valence electrons. The third-order valence-electron chi connectivity index (χ3n) is 2.61. The van der Waals surface area contributed by atoms with E-state index in [1.165, 1.54) is 13.0 Å². The minimum atomic E-state index is -0.216. The van der Waals surface area contributed by atoms with Crippen LogP contribution in [0.15, 0.2) is 22.7 Å². The first-order valence-corrected chi connectivity index (χ1v) is 6.72. The summed E-state index contributed by atoms with van der Waals surface area (Å²) < 4.78 is 14.4. The van der Waals surface area contributed by atoms with Crippen LogP contribution in [0.5, 0.6) is 0 Å². The molecule has 0 saturated heterocycles. The van der Waals surface area contributed by atoms with Crippen LogP contribution in [0, 0.1) is 5.82 Å². The first kappa shape index (κ1) is 15.1. The quantitative estimate of drug-likeness (QED) is 0.792. The Labute approximate surface area is 115 Å². The summed E-state index contributed by atoms with van der Waals surface area (Å²) in [6.07, 6.45) is 0.821. The van der Waals surface area contributed by atoms with Crippen LogP contribution >= 0.6 is 15.9 Å². The lowest BCUT2D eigenvalue weighted by molar-refractivity contribution is -0.118. The van der Waals surface area contributed by atoms with Gasteiger partial charge in [0, 0.05) is 29.5 Å². The minimum absolute atomic E-state index is 0.0259. The number of nitrogens with one attached hydrogen (secondary N) is 2. The molecule has 1 rings (SSSR count). The van der Waals surface area contributed by atoms with Crippen LogP contribution in [0.25, 0.3) is 0 Å². The lowest BCUT2D eigenvalue weighted by Gasteiger charge is -2.15. The Morgan fingerprint density at radius 1 is 1.44 bits per heavy atom. The van der Waals surface area contributed by atoms with Gasteiger partial charge in [0.15, 0.2) is 0 Å². The van der Waals surface area contributed by atoms with E-state index in [0.717, 1.165) is 17.4 Å². The lowest BCUT2D eigenvalue weighted by Crippen LogP contribution is -2.26. The van der Waals surface area contributed by atoms with E-state index >= 15 is 0 Å². The lowest BCUT2D eigenvalue weighted by atomic mass is 10.1. The van der Waals surface area contributed by atoms with E-state index in [1.54, 1.807) is 6.07 Å². The van der Waals surface area contributed by atoms with Gasteiger partial charge in [0.05, 0.1) is 0 Å². The fraction of sp³-hybridized carbons (Fsp3) is 0.462. The summed E-state index contributed by atoms with van der Waals surface area (Å²) in [7, 11) is 0. The normalized spacial score (nSPS) is 12.2. The zero-order chi connectivity index (χ0) is 13.5. The summed E-state index contributed by atoms with van der Waals surface area (Å²) in [4.78, 5) is 10.7. The molecule has 0 fully saturated rings. The summed E-state index contributed by atoms with van der Waals surface area (Å²) in [6, 6.07) is 5.01. The van der Waals surface area contributed by atoms with Gasteiger partial charge in [0.1, 0.15) is 5.82 Å². The number of carbonyl (C=O) groups excluding carboxylic acids is 1. The van der Waals surface area contributed by atoms with E-state index in [-0.39, 0.29) is 17.8 Å². The predicted molar refractivity (Wildman–Crippen MR) is 73.8 cm³/mol. The Morgan fingerprint density at radius 2 is 2.17 bits per heavy atom. The molecule has 0 heterocycles. The number of hydrogen-bond acceptors (Lipinski definition) is 2. The van der Waals surface area contributed by atoms with Crippen LogP contribution in [0.2, 0.25) is 0 Å². The molecule has 0 aliphatic carbocycles. The van der Waals surface area contributed by atoms with Crippen molar-refractivity contribution >= 4 is 21.8 Å². The molecule has 1 aromatic carbocycles. The third-order valence-corrected chi connectivity index (χ3v) is 3.10. The summed E-state index contributed by atoms with van der Waals surface area (Å²) in [6.45, 7) is 4.78. The Morgan fingerprint density at radius 3 is 2.78 bits per heavy atom. The number of carbonyl (C=O) groups is 1. The molecular weight excluding hydrogens is 299 g/mol. The van der Waals surface area contributed by atoms with Gasteiger partial charge in [-0.05, 0) is 32.0 Å². The standard InChI is InChI=1S/C13H18BrFN2O/c1-9(16-6-3-7-17-10(2)18)12-5-4-11(14)8-13(12)15/h4-5,8-9,16H,3,6-7H2,1-2H3,(H,17,18)/t9-/m1/s1. The van der Waals surface area contributed by atoms with Crippen molar-refractivity contribution in [2.75, 3.05) is 13.1 Å². The fourth-order valence-corrected chi connectivity index (χ4v) is 1.97. The zero-order valence-corrected chi connectivity index (χ0v) is 12.2. The molecule has 1 atom stereocenters. The Bertz CT molecular complexity index is 412. The number of amides is 1. The number of rotatable bonds is 6. The Balaban J connectivity index is 2.36.